The number of amides is 1. The van der Waals surface area contributed by atoms with Gasteiger partial charge < -0.3 is 10.6 Å². The highest BCUT2D eigenvalue weighted by Gasteiger charge is 2.33. The van der Waals surface area contributed by atoms with Crippen molar-refractivity contribution in [1.82, 2.24) is 19.8 Å². The number of rotatable bonds is 6. The van der Waals surface area contributed by atoms with E-state index in [9.17, 15) is 17.6 Å². The summed E-state index contributed by atoms with van der Waals surface area (Å²) >= 11 is 0. The van der Waals surface area contributed by atoms with Gasteiger partial charge in [-0.2, -0.15) is 4.31 Å². The lowest BCUT2D eigenvalue weighted by molar-refractivity contribution is -0.126. The van der Waals surface area contributed by atoms with Crippen LogP contribution < -0.4 is 10.6 Å². The molecule has 2 saturated heterocycles. The smallest absolute Gasteiger partial charge is 0.243 e. The van der Waals surface area contributed by atoms with Gasteiger partial charge in [-0.15, -0.1) is 0 Å². The zero-order chi connectivity index (χ0) is 19.3. The molecule has 27 heavy (non-hydrogen) atoms. The summed E-state index contributed by atoms with van der Waals surface area (Å²) in [4.78, 5) is 14.8. The quantitative estimate of drug-likeness (QED) is 0.718. The fourth-order valence-electron chi connectivity index (χ4n) is 3.55. The van der Waals surface area contributed by atoms with Crippen LogP contribution in [0, 0.1) is 11.7 Å². The third-order valence-corrected chi connectivity index (χ3v) is 7.02. The van der Waals surface area contributed by atoms with E-state index >= 15 is 0 Å². The molecule has 1 aromatic carbocycles. The third kappa shape index (κ3) is 5.25. The van der Waals surface area contributed by atoms with Crippen LogP contribution in [0.5, 0.6) is 0 Å². The van der Waals surface area contributed by atoms with Crippen LogP contribution in [0.4, 0.5) is 4.39 Å². The SMILES string of the molecule is O=C(NCCN1CCNCC1)C1CCCN(S(=O)(=O)c2ccc(F)cc2)C1. The van der Waals surface area contributed by atoms with Gasteiger partial charge in [0.1, 0.15) is 5.82 Å². The topological polar surface area (TPSA) is 81.8 Å². The van der Waals surface area contributed by atoms with Crippen molar-refractivity contribution in [3.63, 3.8) is 0 Å². The number of nitrogens with zero attached hydrogens (tertiary/aromatic N) is 2. The Kier molecular flexibility index (Phi) is 6.80. The van der Waals surface area contributed by atoms with Crippen molar-refractivity contribution in [2.45, 2.75) is 17.7 Å². The molecule has 2 aliphatic rings. The van der Waals surface area contributed by atoms with Gasteiger partial charge in [0, 0.05) is 52.4 Å². The van der Waals surface area contributed by atoms with Crippen molar-refractivity contribution >= 4 is 15.9 Å². The van der Waals surface area contributed by atoms with Crippen molar-refractivity contribution < 1.29 is 17.6 Å². The largest absolute Gasteiger partial charge is 0.355 e. The number of carbonyl (C=O) groups is 1. The van der Waals surface area contributed by atoms with Gasteiger partial charge >= 0.3 is 0 Å². The molecule has 150 valence electrons. The van der Waals surface area contributed by atoms with E-state index in [0.29, 0.717) is 25.9 Å². The lowest BCUT2D eigenvalue weighted by Gasteiger charge is -2.31. The molecule has 0 spiro atoms. The molecule has 2 heterocycles. The Labute approximate surface area is 160 Å². The Bertz CT molecular complexity index is 735. The highest BCUT2D eigenvalue weighted by atomic mass is 32.2. The van der Waals surface area contributed by atoms with Gasteiger partial charge in [-0.25, -0.2) is 12.8 Å². The van der Waals surface area contributed by atoms with Gasteiger partial charge in [-0.3, -0.25) is 9.69 Å². The lowest BCUT2D eigenvalue weighted by Crippen LogP contribution is -2.48. The van der Waals surface area contributed by atoms with Crippen LogP contribution in [0.1, 0.15) is 12.8 Å². The molecule has 0 aliphatic carbocycles. The number of halogens is 1. The van der Waals surface area contributed by atoms with Crippen LogP contribution in [-0.4, -0.2) is 75.9 Å². The van der Waals surface area contributed by atoms with Gasteiger partial charge in [-0.1, -0.05) is 0 Å². The van der Waals surface area contributed by atoms with Crippen molar-refractivity contribution in [2.24, 2.45) is 5.92 Å². The summed E-state index contributed by atoms with van der Waals surface area (Å²) < 4.78 is 39.9. The first-order valence-corrected chi connectivity index (χ1v) is 10.9. The van der Waals surface area contributed by atoms with Crippen LogP contribution in [0.2, 0.25) is 0 Å². The standard InChI is InChI=1S/C18H27FN4O3S/c19-16-3-5-17(6-4-16)27(25,26)23-10-1-2-15(14-23)18(24)21-9-13-22-11-7-20-8-12-22/h3-6,15,20H,1-2,7-14H2,(H,21,24). The number of piperazine rings is 1. The van der Waals surface area contributed by atoms with Crippen LogP contribution in [0.15, 0.2) is 29.2 Å². The van der Waals surface area contributed by atoms with Gasteiger partial charge in [0.2, 0.25) is 15.9 Å². The van der Waals surface area contributed by atoms with Gasteiger partial charge in [0.05, 0.1) is 10.8 Å². The zero-order valence-corrected chi connectivity index (χ0v) is 16.2. The molecule has 1 amide bonds. The molecule has 1 atom stereocenters. The van der Waals surface area contributed by atoms with Gasteiger partial charge in [-0.05, 0) is 37.1 Å². The minimum atomic E-state index is -3.71. The highest BCUT2D eigenvalue weighted by Crippen LogP contribution is 2.24. The summed E-state index contributed by atoms with van der Waals surface area (Å²) in [5.74, 6) is -0.921. The van der Waals surface area contributed by atoms with Crippen LogP contribution in [0.3, 0.4) is 0 Å². The number of carbonyl (C=O) groups excluding carboxylic acids is 1. The molecule has 1 aromatic rings. The van der Waals surface area contributed by atoms with Crippen LogP contribution >= 0.6 is 0 Å². The summed E-state index contributed by atoms with van der Waals surface area (Å²) in [7, 11) is -3.71. The van der Waals surface area contributed by atoms with E-state index < -0.39 is 15.8 Å². The van der Waals surface area contributed by atoms with E-state index in [1.807, 2.05) is 0 Å². The monoisotopic (exact) mass is 398 g/mol. The zero-order valence-electron chi connectivity index (χ0n) is 15.4. The van der Waals surface area contributed by atoms with Crippen LogP contribution in [0.25, 0.3) is 0 Å². The van der Waals surface area contributed by atoms with Crippen LogP contribution in [-0.2, 0) is 14.8 Å². The maximum atomic E-state index is 13.1. The minimum Gasteiger partial charge on any atom is -0.355 e. The number of sulfonamides is 1. The molecule has 7 nitrogen and oxygen atoms in total. The summed E-state index contributed by atoms with van der Waals surface area (Å²) in [5, 5.41) is 6.24. The number of benzene rings is 1. The summed E-state index contributed by atoms with van der Waals surface area (Å²) in [6.45, 7) is 5.80. The summed E-state index contributed by atoms with van der Waals surface area (Å²) in [6.07, 6.45) is 1.31. The average molecular weight is 399 g/mol. The molecule has 2 aliphatic heterocycles. The van der Waals surface area contributed by atoms with E-state index in [-0.39, 0.29) is 23.3 Å². The predicted molar refractivity (Wildman–Crippen MR) is 100 cm³/mol. The van der Waals surface area contributed by atoms with E-state index in [1.165, 1.54) is 16.4 Å². The second-order valence-electron chi connectivity index (χ2n) is 7.04. The number of piperidine rings is 1. The highest BCUT2D eigenvalue weighted by molar-refractivity contribution is 7.89. The van der Waals surface area contributed by atoms with Crippen molar-refractivity contribution in [1.29, 1.82) is 0 Å². The third-order valence-electron chi connectivity index (χ3n) is 5.14. The molecular formula is C18H27FN4O3S. The van der Waals surface area contributed by atoms with Crippen molar-refractivity contribution in [3.05, 3.63) is 30.1 Å². The molecule has 9 heteroatoms. The Morgan fingerprint density at radius 3 is 2.59 bits per heavy atom. The first-order chi connectivity index (χ1) is 13.0. The molecule has 0 bridgehead atoms. The fraction of sp³-hybridized carbons (Fsp3) is 0.611. The second kappa shape index (κ2) is 9.09. The second-order valence-corrected chi connectivity index (χ2v) is 8.98. The predicted octanol–water partition coefficient (Wildman–Crippen LogP) is 0.248. The van der Waals surface area contributed by atoms with Crippen molar-refractivity contribution in [3.8, 4) is 0 Å². The number of nitrogens with one attached hydrogen (secondary N) is 2. The average Bonchev–Trinajstić information content (AvgIpc) is 2.69. The molecule has 0 radical (unpaired) electrons. The minimum absolute atomic E-state index is 0.0590. The molecule has 0 saturated carbocycles. The lowest BCUT2D eigenvalue weighted by atomic mass is 9.99. The Morgan fingerprint density at radius 1 is 1.19 bits per heavy atom. The van der Waals surface area contributed by atoms with Gasteiger partial charge in [0.25, 0.3) is 0 Å². The maximum Gasteiger partial charge on any atom is 0.243 e. The molecule has 1 unspecified atom stereocenters. The Morgan fingerprint density at radius 2 is 1.89 bits per heavy atom. The summed E-state index contributed by atoms with van der Waals surface area (Å²) in [6, 6.07) is 4.80. The Hall–Kier alpha value is -1.55. The summed E-state index contributed by atoms with van der Waals surface area (Å²) in [5.41, 5.74) is 0. The fourth-order valence-corrected chi connectivity index (χ4v) is 5.07. The maximum absolute atomic E-state index is 13.1. The van der Waals surface area contributed by atoms with E-state index in [2.05, 4.69) is 15.5 Å². The molecule has 2 fully saturated rings. The Balaban J connectivity index is 1.53. The number of hydrogen-bond acceptors (Lipinski definition) is 5. The normalized spacial score (nSPS) is 22.5. The first-order valence-electron chi connectivity index (χ1n) is 9.43. The van der Waals surface area contributed by atoms with Gasteiger partial charge in [0.15, 0.2) is 0 Å². The molecular weight excluding hydrogens is 371 g/mol. The molecule has 3 rings (SSSR count). The number of hydrogen-bond donors (Lipinski definition) is 2. The van der Waals surface area contributed by atoms with Crippen molar-refractivity contribution in [2.75, 3.05) is 52.4 Å². The van der Waals surface area contributed by atoms with E-state index in [0.717, 1.165) is 44.9 Å². The first kappa shape index (κ1) is 20.2. The molecule has 2 N–H and O–H groups in total. The van der Waals surface area contributed by atoms with E-state index in [1.54, 1.807) is 0 Å². The molecule has 0 aromatic heterocycles. The van der Waals surface area contributed by atoms with E-state index in [4.69, 9.17) is 0 Å².